The summed E-state index contributed by atoms with van der Waals surface area (Å²) < 4.78 is 18.2. The molecule has 0 aliphatic heterocycles. The second-order valence-corrected chi connectivity index (χ2v) is 5.10. The van der Waals surface area contributed by atoms with Crippen molar-refractivity contribution < 1.29 is 24.0 Å². The SMILES string of the molecule is COC(=O)c1cc(N(C)C(C)(C)CO)c([N+](=O)[O-])cc1F. The third-order valence-electron chi connectivity index (χ3n) is 3.32. The normalized spacial score (nSPS) is 11.1. The van der Waals surface area contributed by atoms with Crippen LogP contribution in [0.5, 0.6) is 0 Å². The largest absolute Gasteiger partial charge is 0.465 e. The molecule has 0 aliphatic carbocycles. The topological polar surface area (TPSA) is 92.9 Å². The molecule has 1 rings (SSSR count). The number of nitro groups is 1. The van der Waals surface area contributed by atoms with E-state index in [0.29, 0.717) is 6.07 Å². The zero-order valence-electron chi connectivity index (χ0n) is 12.2. The smallest absolute Gasteiger partial charge is 0.340 e. The van der Waals surface area contributed by atoms with Gasteiger partial charge in [0, 0.05) is 7.05 Å². The van der Waals surface area contributed by atoms with Gasteiger partial charge in [-0.25, -0.2) is 9.18 Å². The Morgan fingerprint density at radius 2 is 2.10 bits per heavy atom. The van der Waals surface area contributed by atoms with Crippen molar-refractivity contribution >= 4 is 17.3 Å². The lowest BCUT2D eigenvalue weighted by molar-refractivity contribution is -0.384. The van der Waals surface area contributed by atoms with Gasteiger partial charge in [0.15, 0.2) is 0 Å². The van der Waals surface area contributed by atoms with E-state index in [1.54, 1.807) is 13.8 Å². The van der Waals surface area contributed by atoms with Crippen LogP contribution in [0.1, 0.15) is 24.2 Å². The standard InChI is InChI=1S/C13H17FN2O5/c1-13(2,7-17)15(3)10-5-8(12(18)21-4)9(14)6-11(10)16(19)20/h5-6,17H,7H2,1-4H3. The third kappa shape index (κ3) is 3.27. The van der Waals surface area contributed by atoms with Crippen LogP contribution in [0.4, 0.5) is 15.8 Å². The second kappa shape index (κ2) is 6.04. The first kappa shape index (κ1) is 16.8. The second-order valence-electron chi connectivity index (χ2n) is 5.10. The Morgan fingerprint density at radius 3 is 2.52 bits per heavy atom. The molecule has 0 bridgehead atoms. The van der Waals surface area contributed by atoms with Crippen LogP contribution in [-0.4, -0.2) is 42.3 Å². The van der Waals surface area contributed by atoms with E-state index in [2.05, 4.69) is 4.74 Å². The maximum Gasteiger partial charge on any atom is 0.340 e. The summed E-state index contributed by atoms with van der Waals surface area (Å²) in [6, 6.07) is 1.72. The number of nitrogens with zero attached hydrogens (tertiary/aromatic N) is 2. The molecular weight excluding hydrogens is 283 g/mol. The summed E-state index contributed by atoms with van der Waals surface area (Å²) in [6.45, 7) is 3.02. The van der Waals surface area contributed by atoms with Gasteiger partial charge >= 0.3 is 5.97 Å². The minimum absolute atomic E-state index is 0.0147. The molecule has 0 fully saturated rings. The molecule has 1 aromatic rings. The van der Waals surface area contributed by atoms with Crippen LogP contribution in [-0.2, 0) is 4.74 Å². The third-order valence-corrected chi connectivity index (χ3v) is 3.32. The Morgan fingerprint density at radius 1 is 1.52 bits per heavy atom. The molecule has 116 valence electrons. The summed E-state index contributed by atoms with van der Waals surface area (Å²) in [4.78, 5) is 23.3. The number of carbonyl (C=O) groups is 1. The summed E-state index contributed by atoms with van der Waals surface area (Å²) in [7, 11) is 2.60. The quantitative estimate of drug-likeness (QED) is 0.505. The monoisotopic (exact) mass is 300 g/mol. The van der Waals surface area contributed by atoms with E-state index in [-0.39, 0.29) is 12.3 Å². The van der Waals surface area contributed by atoms with Gasteiger partial charge in [-0.2, -0.15) is 0 Å². The Bertz CT molecular complexity index is 574. The number of aliphatic hydroxyl groups is 1. The summed E-state index contributed by atoms with van der Waals surface area (Å²) in [5.41, 5.74) is -1.72. The zero-order chi connectivity index (χ0) is 16.4. The van der Waals surface area contributed by atoms with Gasteiger partial charge in [-0.1, -0.05) is 0 Å². The van der Waals surface area contributed by atoms with E-state index in [4.69, 9.17) is 0 Å². The number of esters is 1. The van der Waals surface area contributed by atoms with Crippen LogP contribution in [0.25, 0.3) is 0 Å². The Balaban J connectivity index is 3.53. The molecule has 0 radical (unpaired) electrons. The molecule has 0 saturated heterocycles. The molecule has 0 saturated carbocycles. The maximum absolute atomic E-state index is 13.8. The first-order valence-corrected chi connectivity index (χ1v) is 6.06. The van der Waals surface area contributed by atoms with Crippen molar-refractivity contribution in [3.8, 4) is 0 Å². The van der Waals surface area contributed by atoms with Crippen LogP contribution in [0.3, 0.4) is 0 Å². The molecule has 0 atom stereocenters. The lowest BCUT2D eigenvalue weighted by Crippen LogP contribution is -2.44. The highest BCUT2D eigenvalue weighted by molar-refractivity contribution is 5.92. The number of anilines is 1. The number of aliphatic hydroxyl groups excluding tert-OH is 1. The molecule has 1 N–H and O–H groups in total. The molecule has 8 heteroatoms. The van der Waals surface area contributed by atoms with Crippen LogP contribution in [0.2, 0.25) is 0 Å². The summed E-state index contributed by atoms with van der Waals surface area (Å²) in [5.74, 6) is -1.97. The molecule has 21 heavy (non-hydrogen) atoms. The first-order valence-electron chi connectivity index (χ1n) is 6.06. The predicted octanol–water partition coefficient (Wildman–Crippen LogP) is 1.73. The molecule has 0 heterocycles. The van der Waals surface area contributed by atoms with Crippen molar-refractivity contribution in [1.29, 1.82) is 0 Å². The first-order chi connectivity index (χ1) is 9.65. The summed E-state index contributed by atoms with van der Waals surface area (Å²) in [6.07, 6.45) is 0. The van der Waals surface area contributed by atoms with E-state index in [1.807, 2.05) is 0 Å². The van der Waals surface area contributed by atoms with Crippen LogP contribution >= 0.6 is 0 Å². The molecule has 7 nitrogen and oxygen atoms in total. The average Bonchev–Trinajstić information content (AvgIpc) is 2.45. The fourth-order valence-electron chi connectivity index (χ4n) is 1.66. The van der Waals surface area contributed by atoms with E-state index >= 15 is 0 Å². The van der Waals surface area contributed by atoms with Gasteiger partial charge in [0.25, 0.3) is 5.69 Å². The number of methoxy groups -OCH3 is 1. The lowest BCUT2D eigenvalue weighted by atomic mass is 10.0. The number of hydrogen-bond donors (Lipinski definition) is 1. The van der Waals surface area contributed by atoms with Gasteiger partial charge in [-0.05, 0) is 19.9 Å². The van der Waals surface area contributed by atoms with Crippen molar-refractivity contribution in [3.63, 3.8) is 0 Å². The number of nitro benzene ring substituents is 1. The minimum Gasteiger partial charge on any atom is -0.465 e. The highest BCUT2D eigenvalue weighted by atomic mass is 19.1. The predicted molar refractivity (Wildman–Crippen MR) is 74.0 cm³/mol. The highest BCUT2D eigenvalue weighted by Gasteiger charge is 2.31. The van der Waals surface area contributed by atoms with Crippen molar-refractivity contribution in [2.45, 2.75) is 19.4 Å². The van der Waals surface area contributed by atoms with Gasteiger partial charge in [-0.3, -0.25) is 10.1 Å². The van der Waals surface area contributed by atoms with Gasteiger partial charge in [0.05, 0.1) is 35.8 Å². The van der Waals surface area contributed by atoms with Gasteiger partial charge in [0.1, 0.15) is 11.5 Å². The van der Waals surface area contributed by atoms with Crippen LogP contribution in [0, 0.1) is 15.9 Å². The van der Waals surface area contributed by atoms with Gasteiger partial charge < -0.3 is 14.7 Å². The fraction of sp³-hybridized carbons (Fsp3) is 0.462. The minimum atomic E-state index is -1.03. The Hall–Kier alpha value is -2.22. The molecule has 0 amide bonds. The molecule has 0 unspecified atom stereocenters. The number of hydrogen-bond acceptors (Lipinski definition) is 6. The summed E-state index contributed by atoms with van der Waals surface area (Å²) in [5, 5.41) is 20.4. The number of benzene rings is 1. The average molecular weight is 300 g/mol. The van der Waals surface area contributed by atoms with Gasteiger partial charge in [-0.15, -0.1) is 0 Å². The zero-order valence-corrected chi connectivity index (χ0v) is 12.2. The van der Waals surface area contributed by atoms with Crippen molar-refractivity contribution in [1.82, 2.24) is 0 Å². The van der Waals surface area contributed by atoms with Crippen molar-refractivity contribution in [2.24, 2.45) is 0 Å². The van der Waals surface area contributed by atoms with Crippen molar-refractivity contribution in [2.75, 3.05) is 25.7 Å². The Labute approximate surface area is 121 Å². The van der Waals surface area contributed by atoms with Crippen molar-refractivity contribution in [3.05, 3.63) is 33.6 Å². The molecule has 0 aliphatic rings. The van der Waals surface area contributed by atoms with E-state index < -0.39 is 33.5 Å². The fourth-order valence-corrected chi connectivity index (χ4v) is 1.66. The number of halogens is 1. The molecule has 0 aromatic heterocycles. The lowest BCUT2D eigenvalue weighted by Gasteiger charge is -2.35. The highest BCUT2D eigenvalue weighted by Crippen LogP contribution is 2.34. The van der Waals surface area contributed by atoms with E-state index in [1.165, 1.54) is 11.9 Å². The molecule has 1 aromatic carbocycles. The number of likely N-dealkylation sites (N-methyl/N-ethyl adjacent to an activating group) is 1. The Kier molecular flexibility index (Phi) is 4.84. The maximum atomic E-state index is 13.8. The number of ether oxygens (including phenoxy) is 1. The number of carbonyl (C=O) groups excluding carboxylic acids is 1. The van der Waals surface area contributed by atoms with Crippen LogP contribution in [0.15, 0.2) is 12.1 Å². The van der Waals surface area contributed by atoms with E-state index in [0.717, 1.165) is 13.2 Å². The molecular formula is C13H17FN2O5. The molecule has 0 spiro atoms. The summed E-state index contributed by atoms with van der Waals surface area (Å²) >= 11 is 0. The number of rotatable bonds is 5. The van der Waals surface area contributed by atoms with E-state index in [9.17, 15) is 24.4 Å². The van der Waals surface area contributed by atoms with Crippen LogP contribution < -0.4 is 4.90 Å². The van der Waals surface area contributed by atoms with Gasteiger partial charge in [0.2, 0.25) is 0 Å².